The van der Waals surface area contributed by atoms with Gasteiger partial charge in [-0.25, -0.2) is 0 Å². The lowest BCUT2D eigenvalue weighted by molar-refractivity contribution is 0.772. The lowest BCUT2D eigenvalue weighted by Crippen LogP contribution is -2.13. The summed E-state index contributed by atoms with van der Waals surface area (Å²) in [7, 11) is 0. The SMILES string of the molecule is CCSCNCc1ccccn1. The van der Waals surface area contributed by atoms with E-state index >= 15 is 0 Å². The summed E-state index contributed by atoms with van der Waals surface area (Å²) in [5, 5.41) is 3.30. The Morgan fingerprint density at radius 1 is 1.50 bits per heavy atom. The van der Waals surface area contributed by atoms with Crippen LogP contribution >= 0.6 is 11.8 Å². The van der Waals surface area contributed by atoms with Gasteiger partial charge in [0.05, 0.1) is 5.69 Å². The Balaban J connectivity index is 2.16. The third kappa shape index (κ3) is 3.74. The highest BCUT2D eigenvalue weighted by atomic mass is 32.2. The van der Waals surface area contributed by atoms with Crippen molar-refractivity contribution in [3.05, 3.63) is 30.1 Å². The highest BCUT2D eigenvalue weighted by molar-refractivity contribution is 7.99. The first kappa shape index (κ1) is 9.55. The summed E-state index contributed by atoms with van der Waals surface area (Å²) in [6.07, 6.45) is 1.82. The van der Waals surface area contributed by atoms with Crippen LogP contribution in [0.15, 0.2) is 24.4 Å². The minimum atomic E-state index is 0.869. The van der Waals surface area contributed by atoms with Gasteiger partial charge in [-0.2, -0.15) is 0 Å². The summed E-state index contributed by atoms with van der Waals surface area (Å²) in [6.45, 7) is 3.03. The molecule has 0 unspecified atom stereocenters. The molecule has 1 aromatic rings. The molecule has 66 valence electrons. The van der Waals surface area contributed by atoms with E-state index < -0.39 is 0 Å². The van der Waals surface area contributed by atoms with Gasteiger partial charge in [0.2, 0.25) is 0 Å². The predicted octanol–water partition coefficient (Wildman–Crippen LogP) is 1.88. The van der Waals surface area contributed by atoms with Crippen LogP contribution in [0.4, 0.5) is 0 Å². The van der Waals surface area contributed by atoms with Crippen molar-refractivity contribution in [1.82, 2.24) is 10.3 Å². The van der Waals surface area contributed by atoms with Gasteiger partial charge in [-0.15, -0.1) is 11.8 Å². The Kier molecular flexibility index (Phi) is 4.80. The average Bonchev–Trinajstić information content (AvgIpc) is 2.14. The minimum Gasteiger partial charge on any atom is -0.302 e. The van der Waals surface area contributed by atoms with Gasteiger partial charge < -0.3 is 5.32 Å². The number of nitrogens with one attached hydrogen (secondary N) is 1. The monoisotopic (exact) mass is 182 g/mol. The lowest BCUT2D eigenvalue weighted by Gasteiger charge is -2.01. The third-order valence-corrected chi connectivity index (χ3v) is 2.26. The van der Waals surface area contributed by atoms with E-state index in [4.69, 9.17) is 0 Å². The van der Waals surface area contributed by atoms with Gasteiger partial charge in [0.1, 0.15) is 0 Å². The fraction of sp³-hybridized carbons (Fsp3) is 0.444. The zero-order valence-corrected chi connectivity index (χ0v) is 8.10. The van der Waals surface area contributed by atoms with Gasteiger partial charge in [0, 0.05) is 18.6 Å². The maximum atomic E-state index is 4.20. The van der Waals surface area contributed by atoms with Crippen molar-refractivity contribution in [2.24, 2.45) is 0 Å². The van der Waals surface area contributed by atoms with Crippen molar-refractivity contribution >= 4 is 11.8 Å². The lowest BCUT2D eigenvalue weighted by atomic mass is 10.3. The molecule has 0 radical (unpaired) electrons. The Morgan fingerprint density at radius 2 is 2.42 bits per heavy atom. The van der Waals surface area contributed by atoms with Crippen LogP contribution < -0.4 is 5.32 Å². The number of nitrogens with zero attached hydrogens (tertiary/aromatic N) is 1. The molecule has 0 bridgehead atoms. The summed E-state index contributed by atoms with van der Waals surface area (Å²) in [5.41, 5.74) is 1.11. The number of thioether (sulfide) groups is 1. The van der Waals surface area contributed by atoms with Crippen LogP contribution in [0.3, 0.4) is 0 Å². The Bertz CT molecular complexity index is 201. The van der Waals surface area contributed by atoms with Crippen molar-refractivity contribution in [1.29, 1.82) is 0 Å². The summed E-state index contributed by atoms with van der Waals surface area (Å²) in [6, 6.07) is 5.98. The predicted molar refractivity (Wildman–Crippen MR) is 54.1 cm³/mol. The fourth-order valence-electron chi connectivity index (χ4n) is 0.856. The number of pyridine rings is 1. The number of aromatic nitrogens is 1. The highest BCUT2D eigenvalue weighted by Gasteiger charge is 1.90. The molecule has 1 heterocycles. The summed E-state index contributed by atoms with van der Waals surface area (Å²) in [4.78, 5) is 4.20. The quantitative estimate of drug-likeness (QED) is 0.556. The molecular weight excluding hydrogens is 168 g/mol. The van der Waals surface area contributed by atoms with Gasteiger partial charge in [0.15, 0.2) is 0 Å². The fourth-order valence-corrected chi connectivity index (χ4v) is 1.31. The summed E-state index contributed by atoms with van der Waals surface area (Å²) < 4.78 is 0. The molecule has 0 saturated heterocycles. The maximum absolute atomic E-state index is 4.20. The van der Waals surface area contributed by atoms with Crippen molar-refractivity contribution < 1.29 is 0 Å². The maximum Gasteiger partial charge on any atom is 0.0541 e. The molecule has 0 fully saturated rings. The third-order valence-electron chi connectivity index (χ3n) is 1.44. The molecular formula is C9H14N2S. The van der Waals surface area contributed by atoms with Gasteiger partial charge in [-0.1, -0.05) is 13.0 Å². The van der Waals surface area contributed by atoms with Crippen molar-refractivity contribution in [2.45, 2.75) is 13.5 Å². The molecule has 0 spiro atoms. The van der Waals surface area contributed by atoms with Crippen molar-refractivity contribution in [3.8, 4) is 0 Å². The van der Waals surface area contributed by atoms with Gasteiger partial charge in [-0.3, -0.25) is 4.98 Å². The molecule has 1 rings (SSSR count). The molecule has 3 heteroatoms. The molecule has 0 aliphatic carbocycles. The second-order valence-corrected chi connectivity index (χ2v) is 3.66. The van der Waals surface area contributed by atoms with E-state index in [0.29, 0.717) is 0 Å². The smallest absolute Gasteiger partial charge is 0.0541 e. The van der Waals surface area contributed by atoms with E-state index in [1.54, 1.807) is 0 Å². The Morgan fingerprint density at radius 3 is 3.08 bits per heavy atom. The molecule has 2 nitrogen and oxygen atoms in total. The Labute approximate surface area is 77.8 Å². The second-order valence-electron chi connectivity index (χ2n) is 2.38. The first-order chi connectivity index (χ1) is 5.93. The Hall–Kier alpha value is -0.540. The summed E-state index contributed by atoms with van der Waals surface area (Å²) >= 11 is 1.89. The largest absolute Gasteiger partial charge is 0.302 e. The standard InChI is InChI=1S/C9H14N2S/c1-2-12-8-10-7-9-5-3-4-6-11-9/h3-6,10H,2,7-8H2,1H3. The molecule has 0 saturated carbocycles. The molecule has 12 heavy (non-hydrogen) atoms. The van der Waals surface area contributed by atoms with E-state index in [1.807, 2.05) is 36.2 Å². The first-order valence-corrected chi connectivity index (χ1v) is 5.27. The van der Waals surface area contributed by atoms with E-state index in [0.717, 1.165) is 23.9 Å². The van der Waals surface area contributed by atoms with Crippen molar-refractivity contribution in [3.63, 3.8) is 0 Å². The minimum absolute atomic E-state index is 0.869. The number of hydrogen-bond acceptors (Lipinski definition) is 3. The zero-order valence-electron chi connectivity index (χ0n) is 7.29. The van der Waals surface area contributed by atoms with Crippen LogP contribution in [0.25, 0.3) is 0 Å². The first-order valence-electron chi connectivity index (χ1n) is 4.12. The molecule has 1 aromatic heterocycles. The van der Waals surface area contributed by atoms with Crippen LogP contribution in [0.2, 0.25) is 0 Å². The number of hydrogen-bond donors (Lipinski definition) is 1. The van der Waals surface area contributed by atoms with Gasteiger partial charge in [-0.05, 0) is 17.9 Å². The molecule has 0 aliphatic rings. The molecule has 0 atom stereocenters. The second kappa shape index (κ2) is 6.03. The highest BCUT2D eigenvalue weighted by Crippen LogP contribution is 1.96. The van der Waals surface area contributed by atoms with Crippen LogP contribution in [-0.2, 0) is 6.54 Å². The molecule has 0 amide bonds. The van der Waals surface area contributed by atoms with E-state index in [1.165, 1.54) is 0 Å². The molecule has 0 aromatic carbocycles. The van der Waals surface area contributed by atoms with Crippen LogP contribution in [-0.4, -0.2) is 16.6 Å². The topological polar surface area (TPSA) is 24.9 Å². The van der Waals surface area contributed by atoms with Crippen LogP contribution in [0.5, 0.6) is 0 Å². The van der Waals surface area contributed by atoms with E-state index in [9.17, 15) is 0 Å². The van der Waals surface area contributed by atoms with E-state index in [-0.39, 0.29) is 0 Å². The van der Waals surface area contributed by atoms with Crippen molar-refractivity contribution in [2.75, 3.05) is 11.6 Å². The van der Waals surface area contributed by atoms with Gasteiger partial charge >= 0.3 is 0 Å². The normalized spacial score (nSPS) is 10.1. The number of rotatable bonds is 5. The molecule has 0 aliphatic heterocycles. The van der Waals surface area contributed by atoms with Gasteiger partial charge in [0.25, 0.3) is 0 Å². The summed E-state index contributed by atoms with van der Waals surface area (Å²) in [5.74, 6) is 2.17. The average molecular weight is 182 g/mol. The zero-order chi connectivity index (χ0) is 8.65. The van der Waals surface area contributed by atoms with Crippen LogP contribution in [0.1, 0.15) is 12.6 Å². The van der Waals surface area contributed by atoms with E-state index in [2.05, 4.69) is 17.2 Å². The molecule has 1 N–H and O–H groups in total. The van der Waals surface area contributed by atoms with Crippen LogP contribution in [0, 0.1) is 0 Å².